The molecule has 0 radical (unpaired) electrons. The number of hydrogen-bond acceptors (Lipinski definition) is 3. The van der Waals surface area contributed by atoms with Gasteiger partial charge in [0.05, 0.1) is 12.5 Å². The minimum atomic E-state index is -2.65. The van der Waals surface area contributed by atoms with Gasteiger partial charge in [0.1, 0.15) is 0 Å². The van der Waals surface area contributed by atoms with Gasteiger partial charge in [-0.3, -0.25) is 9.69 Å². The van der Waals surface area contributed by atoms with Crippen LogP contribution in [0.4, 0.5) is 13.6 Å². The maximum absolute atomic E-state index is 13.7. The summed E-state index contributed by atoms with van der Waals surface area (Å²) in [6.07, 6.45) is 1.75. The molecule has 2 saturated carbocycles. The Balaban J connectivity index is 1.44. The fourth-order valence-electron chi connectivity index (χ4n) is 4.14. The number of carbonyl (C=O) groups is 2. The SMILES string of the molecule is CCN(CC(=O)O)C1CC(NC(=O)N2CCC3(C)C(C2)C3(F)F)C1. The maximum atomic E-state index is 13.7. The highest BCUT2D eigenvalue weighted by molar-refractivity contribution is 5.75. The van der Waals surface area contributed by atoms with E-state index in [4.69, 9.17) is 5.11 Å². The van der Waals surface area contributed by atoms with Gasteiger partial charge in [0.15, 0.2) is 0 Å². The van der Waals surface area contributed by atoms with E-state index in [-0.39, 0.29) is 31.2 Å². The van der Waals surface area contributed by atoms with Crippen LogP contribution in [0.25, 0.3) is 0 Å². The summed E-state index contributed by atoms with van der Waals surface area (Å²) in [5, 5.41) is 11.8. The van der Waals surface area contributed by atoms with Crippen molar-refractivity contribution in [3.8, 4) is 0 Å². The number of fused-ring (bicyclic) bond motifs is 1. The van der Waals surface area contributed by atoms with Crippen LogP contribution in [-0.4, -0.2) is 71.1 Å². The maximum Gasteiger partial charge on any atom is 0.317 e. The minimum absolute atomic E-state index is 0.00151. The van der Waals surface area contributed by atoms with Crippen LogP contribution in [0.3, 0.4) is 0 Å². The van der Waals surface area contributed by atoms with Gasteiger partial charge >= 0.3 is 12.0 Å². The van der Waals surface area contributed by atoms with Crippen LogP contribution < -0.4 is 5.32 Å². The van der Waals surface area contributed by atoms with Crippen molar-refractivity contribution >= 4 is 12.0 Å². The molecule has 2 N–H and O–H groups in total. The molecule has 2 aliphatic carbocycles. The molecule has 8 heteroatoms. The monoisotopic (exact) mass is 345 g/mol. The van der Waals surface area contributed by atoms with Crippen LogP contribution in [0.2, 0.25) is 0 Å². The van der Waals surface area contributed by atoms with Crippen LogP contribution in [0.15, 0.2) is 0 Å². The van der Waals surface area contributed by atoms with Gasteiger partial charge in [-0.25, -0.2) is 13.6 Å². The number of likely N-dealkylation sites (tertiary alicyclic amines) is 1. The molecule has 1 aliphatic heterocycles. The van der Waals surface area contributed by atoms with Gasteiger partial charge in [0.2, 0.25) is 0 Å². The summed E-state index contributed by atoms with van der Waals surface area (Å²) in [7, 11) is 0. The van der Waals surface area contributed by atoms with Gasteiger partial charge in [-0.15, -0.1) is 0 Å². The number of likely N-dealkylation sites (N-methyl/N-ethyl adjacent to an activating group) is 1. The van der Waals surface area contributed by atoms with Crippen molar-refractivity contribution in [3.05, 3.63) is 0 Å². The largest absolute Gasteiger partial charge is 0.480 e. The predicted octanol–water partition coefficient (Wildman–Crippen LogP) is 1.61. The van der Waals surface area contributed by atoms with E-state index in [0.29, 0.717) is 32.4 Å². The topological polar surface area (TPSA) is 72.9 Å². The van der Waals surface area contributed by atoms with E-state index in [0.717, 1.165) is 0 Å². The average Bonchev–Trinajstić information content (AvgIpc) is 2.92. The number of carboxylic acid groups (broad SMARTS) is 1. The zero-order valence-corrected chi connectivity index (χ0v) is 14.1. The fourth-order valence-corrected chi connectivity index (χ4v) is 4.14. The molecule has 3 aliphatic rings. The molecule has 2 amide bonds. The molecular formula is C16H25F2N3O3. The number of rotatable bonds is 5. The van der Waals surface area contributed by atoms with Crippen LogP contribution in [0, 0.1) is 11.3 Å². The molecule has 6 nitrogen and oxygen atoms in total. The molecule has 0 aromatic rings. The lowest BCUT2D eigenvalue weighted by atomic mass is 9.85. The second kappa shape index (κ2) is 5.82. The fraction of sp³-hybridized carbons (Fsp3) is 0.875. The second-order valence-electron chi connectivity index (χ2n) is 7.52. The molecule has 1 saturated heterocycles. The van der Waals surface area contributed by atoms with Crippen molar-refractivity contribution < 1.29 is 23.5 Å². The molecule has 0 aromatic carbocycles. The Labute approximate surface area is 140 Å². The van der Waals surface area contributed by atoms with E-state index in [1.165, 1.54) is 4.90 Å². The van der Waals surface area contributed by atoms with Crippen molar-refractivity contribution in [3.63, 3.8) is 0 Å². The molecule has 0 bridgehead atoms. The highest BCUT2D eigenvalue weighted by atomic mass is 19.3. The first-order chi connectivity index (χ1) is 11.2. The summed E-state index contributed by atoms with van der Waals surface area (Å²) in [5.41, 5.74) is -0.927. The van der Waals surface area contributed by atoms with Gasteiger partial charge in [-0.1, -0.05) is 13.8 Å². The summed E-state index contributed by atoms with van der Waals surface area (Å²) in [6, 6.07) is -0.114. The molecule has 3 rings (SSSR count). The Morgan fingerprint density at radius 2 is 2.04 bits per heavy atom. The van der Waals surface area contributed by atoms with E-state index in [1.54, 1.807) is 6.92 Å². The summed E-state index contributed by atoms with van der Waals surface area (Å²) in [4.78, 5) is 26.5. The lowest BCUT2D eigenvalue weighted by molar-refractivity contribution is -0.139. The van der Waals surface area contributed by atoms with E-state index < -0.39 is 23.2 Å². The van der Waals surface area contributed by atoms with Crippen LogP contribution in [0.1, 0.15) is 33.1 Å². The Kier molecular flexibility index (Phi) is 4.22. The van der Waals surface area contributed by atoms with E-state index in [1.807, 2.05) is 11.8 Å². The number of alkyl halides is 2. The molecule has 3 fully saturated rings. The lowest BCUT2D eigenvalue weighted by Crippen LogP contribution is -2.57. The highest BCUT2D eigenvalue weighted by Crippen LogP contribution is 2.69. The van der Waals surface area contributed by atoms with Crippen LogP contribution in [0.5, 0.6) is 0 Å². The Bertz CT molecular complexity index is 539. The number of nitrogens with one attached hydrogen (secondary N) is 1. The Hall–Kier alpha value is -1.44. The summed E-state index contributed by atoms with van der Waals surface area (Å²) in [6.45, 7) is 4.65. The number of hydrogen-bond donors (Lipinski definition) is 2. The third-order valence-corrected chi connectivity index (χ3v) is 6.18. The highest BCUT2D eigenvalue weighted by Gasteiger charge is 2.78. The minimum Gasteiger partial charge on any atom is -0.480 e. The Morgan fingerprint density at radius 3 is 2.58 bits per heavy atom. The number of amides is 2. The number of carbonyl (C=O) groups excluding carboxylic acids is 1. The first kappa shape index (κ1) is 17.4. The van der Waals surface area contributed by atoms with Gasteiger partial charge in [-0.05, 0) is 25.8 Å². The van der Waals surface area contributed by atoms with Crippen molar-refractivity contribution in [1.29, 1.82) is 0 Å². The number of piperidine rings is 1. The summed E-state index contributed by atoms with van der Waals surface area (Å²) >= 11 is 0. The van der Waals surface area contributed by atoms with Crippen molar-refractivity contribution in [2.24, 2.45) is 11.3 Å². The second-order valence-corrected chi connectivity index (χ2v) is 7.52. The lowest BCUT2D eigenvalue weighted by Gasteiger charge is -2.43. The first-order valence-corrected chi connectivity index (χ1v) is 8.58. The van der Waals surface area contributed by atoms with E-state index in [9.17, 15) is 18.4 Å². The number of halogens is 2. The standard InChI is InChI=1S/C16H25F2N3O3/c1-3-20(9-13(22)23)11-6-10(7-11)19-14(24)21-5-4-15(2)12(8-21)16(15,17)18/h10-12H,3-9H2,1-2H3,(H,19,24)(H,22,23). The average molecular weight is 345 g/mol. The van der Waals surface area contributed by atoms with Gasteiger partial charge < -0.3 is 15.3 Å². The number of aliphatic carboxylic acids is 1. The van der Waals surface area contributed by atoms with E-state index in [2.05, 4.69) is 5.32 Å². The van der Waals surface area contributed by atoms with Crippen LogP contribution >= 0.6 is 0 Å². The Morgan fingerprint density at radius 1 is 1.38 bits per heavy atom. The molecular weight excluding hydrogens is 320 g/mol. The molecule has 136 valence electrons. The zero-order chi connectivity index (χ0) is 17.7. The van der Waals surface area contributed by atoms with E-state index >= 15 is 0 Å². The van der Waals surface area contributed by atoms with Crippen molar-refractivity contribution in [2.75, 3.05) is 26.2 Å². The molecule has 2 unspecified atom stereocenters. The third-order valence-electron chi connectivity index (χ3n) is 6.18. The molecule has 0 aromatic heterocycles. The van der Waals surface area contributed by atoms with Crippen molar-refractivity contribution in [1.82, 2.24) is 15.1 Å². The quantitative estimate of drug-likeness (QED) is 0.794. The molecule has 2 atom stereocenters. The number of carboxylic acids is 1. The van der Waals surface area contributed by atoms with Gasteiger partial charge in [0, 0.05) is 30.6 Å². The third kappa shape index (κ3) is 2.74. The first-order valence-electron chi connectivity index (χ1n) is 8.58. The predicted molar refractivity (Wildman–Crippen MR) is 83.0 cm³/mol. The molecule has 0 spiro atoms. The smallest absolute Gasteiger partial charge is 0.317 e. The van der Waals surface area contributed by atoms with Gasteiger partial charge in [0.25, 0.3) is 5.92 Å². The zero-order valence-electron chi connectivity index (χ0n) is 14.1. The van der Waals surface area contributed by atoms with Crippen molar-refractivity contribution in [2.45, 2.75) is 51.1 Å². The summed E-state index contributed by atoms with van der Waals surface area (Å²) in [5.74, 6) is -4.22. The summed E-state index contributed by atoms with van der Waals surface area (Å²) < 4.78 is 27.5. The molecule has 24 heavy (non-hydrogen) atoms. The number of nitrogens with zero attached hydrogens (tertiary/aromatic N) is 2. The molecule has 1 heterocycles. The van der Waals surface area contributed by atoms with Crippen LogP contribution in [-0.2, 0) is 4.79 Å². The van der Waals surface area contributed by atoms with Gasteiger partial charge in [-0.2, -0.15) is 0 Å². The normalized spacial score (nSPS) is 36.7. The number of urea groups is 1.